The number of urea groups is 1. The Morgan fingerprint density at radius 1 is 1.45 bits per heavy atom. The second kappa shape index (κ2) is 7.17. The molecule has 0 aliphatic heterocycles. The molecule has 2 amide bonds. The molecule has 0 bridgehead atoms. The first-order valence-electron chi connectivity index (χ1n) is 7.00. The first-order chi connectivity index (χ1) is 10.4. The van der Waals surface area contributed by atoms with Gasteiger partial charge in [-0.3, -0.25) is 5.32 Å². The van der Waals surface area contributed by atoms with Crippen LogP contribution in [0.25, 0.3) is 0 Å². The van der Waals surface area contributed by atoms with Gasteiger partial charge in [0.1, 0.15) is 10.6 Å². The molecule has 0 aliphatic carbocycles. The standard InChI is InChI=1S/C14H20N4O2S2/c1-9(2)7-11-17-18-13(22-11)16-12(19)15-8-14(3,20)10-5-4-6-21-10/h4-6,9,20H,7-8H2,1-3H3,(H2,15,16,18,19). The van der Waals surface area contributed by atoms with Crippen LogP contribution in [0.15, 0.2) is 17.5 Å². The lowest BCUT2D eigenvalue weighted by molar-refractivity contribution is 0.0637. The summed E-state index contributed by atoms with van der Waals surface area (Å²) in [4.78, 5) is 12.7. The number of carbonyl (C=O) groups is 1. The van der Waals surface area contributed by atoms with Crippen molar-refractivity contribution in [3.05, 3.63) is 27.4 Å². The fourth-order valence-corrected chi connectivity index (χ4v) is 3.54. The molecular weight excluding hydrogens is 320 g/mol. The smallest absolute Gasteiger partial charge is 0.321 e. The zero-order valence-electron chi connectivity index (χ0n) is 12.8. The van der Waals surface area contributed by atoms with Crippen molar-refractivity contribution < 1.29 is 9.90 Å². The highest BCUT2D eigenvalue weighted by Crippen LogP contribution is 2.24. The van der Waals surface area contributed by atoms with Gasteiger partial charge in [0.25, 0.3) is 0 Å². The van der Waals surface area contributed by atoms with Gasteiger partial charge in [-0.25, -0.2) is 4.79 Å². The van der Waals surface area contributed by atoms with Crippen molar-refractivity contribution >= 4 is 33.8 Å². The van der Waals surface area contributed by atoms with Gasteiger partial charge < -0.3 is 10.4 Å². The molecule has 8 heteroatoms. The molecule has 6 nitrogen and oxygen atoms in total. The van der Waals surface area contributed by atoms with Gasteiger partial charge >= 0.3 is 6.03 Å². The fraction of sp³-hybridized carbons (Fsp3) is 0.500. The highest BCUT2D eigenvalue weighted by molar-refractivity contribution is 7.15. The molecule has 1 atom stereocenters. The number of nitrogens with zero attached hydrogens (tertiary/aromatic N) is 2. The number of aromatic nitrogens is 2. The number of anilines is 1. The van der Waals surface area contributed by atoms with Gasteiger partial charge in [-0.05, 0) is 24.3 Å². The molecule has 120 valence electrons. The average Bonchev–Trinajstić information content (AvgIpc) is 3.08. The Labute approximate surface area is 137 Å². The Morgan fingerprint density at radius 3 is 2.86 bits per heavy atom. The summed E-state index contributed by atoms with van der Waals surface area (Å²) >= 11 is 2.82. The van der Waals surface area contributed by atoms with Crippen molar-refractivity contribution in [1.82, 2.24) is 15.5 Å². The third kappa shape index (κ3) is 4.75. The van der Waals surface area contributed by atoms with Crippen LogP contribution in [0.2, 0.25) is 0 Å². The van der Waals surface area contributed by atoms with Crippen molar-refractivity contribution in [2.45, 2.75) is 32.8 Å². The number of hydrogen-bond acceptors (Lipinski definition) is 6. The van der Waals surface area contributed by atoms with Gasteiger partial charge in [-0.2, -0.15) is 0 Å². The molecule has 2 heterocycles. The topological polar surface area (TPSA) is 87.1 Å². The molecule has 1 unspecified atom stereocenters. The van der Waals surface area contributed by atoms with E-state index in [1.54, 1.807) is 6.92 Å². The fourth-order valence-electron chi connectivity index (χ4n) is 1.80. The molecule has 0 radical (unpaired) electrons. The monoisotopic (exact) mass is 340 g/mol. The minimum atomic E-state index is -1.09. The molecule has 0 aromatic carbocycles. The molecule has 0 saturated heterocycles. The van der Waals surface area contributed by atoms with Crippen LogP contribution in [0.3, 0.4) is 0 Å². The number of carbonyl (C=O) groups excluding carboxylic acids is 1. The number of aliphatic hydroxyl groups is 1. The second-order valence-electron chi connectivity index (χ2n) is 5.66. The Morgan fingerprint density at radius 2 is 2.23 bits per heavy atom. The molecule has 2 aromatic rings. The Hall–Kier alpha value is -1.51. The summed E-state index contributed by atoms with van der Waals surface area (Å²) in [7, 11) is 0. The molecule has 22 heavy (non-hydrogen) atoms. The molecule has 0 saturated carbocycles. The summed E-state index contributed by atoms with van der Waals surface area (Å²) < 4.78 is 0. The van der Waals surface area contributed by atoms with Gasteiger partial charge in [0.05, 0.1) is 6.54 Å². The summed E-state index contributed by atoms with van der Waals surface area (Å²) in [6.07, 6.45) is 0.841. The van der Waals surface area contributed by atoms with Gasteiger partial charge in [0.15, 0.2) is 0 Å². The van der Waals surface area contributed by atoms with Crippen molar-refractivity contribution in [3.63, 3.8) is 0 Å². The van der Waals surface area contributed by atoms with Gasteiger partial charge in [0.2, 0.25) is 5.13 Å². The Balaban J connectivity index is 1.84. The highest BCUT2D eigenvalue weighted by Gasteiger charge is 2.25. The number of nitrogens with one attached hydrogen (secondary N) is 2. The first kappa shape index (κ1) is 16.9. The van der Waals surface area contributed by atoms with Crippen LogP contribution >= 0.6 is 22.7 Å². The van der Waals surface area contributed by atoms with Crippen LogP contribution in [-0.4, -0.2) is 27.9 Å². The van der Waals surface area contributed by atoms with Crippen LogP contribution in [0.1, 0.15) is 30.7 Å². The normalized spacial score (nSPS) is 13.9. The Kier molecular flexibility index (Phi) is 5.49. The van der Waals surface area contributed by atoms with E-state index in [1.807, 2.05) is 17.5 Å². The zero-order chi connectivity index (χ0) is 16.2. The molecular formula is C14H20N4O2S2. The predicted molar refractivity (Wildman–Crippen MR) is 89.4 cm³/mol. The van der Waals surface area contributed by atoms with E-state index in [0.29, 0.717) is 11.0 Å². The van der Waals surface area contributed by atoms with Crippen LogP contribution in [0.4, 0.5) is 9.93 Å². The minimum absolute atomic E-state index is 0.122. The van der Waals surface area contributed by atoms with E-state index < -0.39 is 11.6 Å². The maximum absolute atomic E-state index is 11.9. The molecule has 0 fully saturated rings. The van der Waals surface area contributed by atoms with Crippen LogP contribution in [0, 0.1) is 5.92 Å². The van der Waals surface area contributed by atoms with E-state index in [9.17, 15) is 9.90 Å². The van der Waals surface area contributed by atoms with Crippen LogP contribution < -0.4 is 10.6 Å². The summed E-state index contributed by atoms with van der Waals surface area (Å²) in [5.74, 6) is 0.496. The molecule has 0 spiro atoms. The number of rotatable bonds is 6. The summed E-state index contributed by atoms with van der Waals surface area (Å²) in [5, 5.41) is 26.9. The lowest BCUT2D eigenvalue weighted by atomic mass is 10.1. The average molecular weight is 340 g/mol. The summed E-state index contributed by atoms with van der Waals surface area (Å²) in [6, 6.07) is 3.31. The summed E-state index contributed by atoms with van der Waals surface area (Å²) in [5.41, 5.74) is -1.09. The maximum Gasteiger partial charge on any atom is 0.321 e. The SMILES string of the molecule is CC(C)Cc1nnc(NC(=O)NCC(C)(O)c2cccs2)s1. The van der Waals surface area contributed by atoms with Crippen molar-refractivity contribution in [2.75, 3.05) is 11.9 Å². The predicted octanol–water partition coefficient (Wildman–Crippen LogP) is 2.83. The van der Waals surface area contributed by atoms with Crippen LogP contribution in [0.5, 0.6) is 0 Å². The van der Waals surface area contributed by atoms with Crippen molar-refractivity contribution in [3.8, 4) is 0 Å². The van der Waals surface area contributed by atoms with E-state index >= 15 is 0 Å². The van der Waals surface area contributed by atoms with Gasteiger partial charge in [-0.1, -0.05) is 31.3 Å². The third-order valence-corrected chi connectivity index (χ3v) is 4.90. The molecule has 0 aliphatic rings. The lowest BCUT2D eigenvalue weighted by Gasteiger charge is -2.22. The summed E-state index contributed by atoms with van der Waals surface area (Å²) in [6.45, 7) is 6.00. The molecule has 2 aromatic heterocycles. The third-order valence-electron chi connectivity index (χ3n) is 2.92. The lowest BCUT2D eigenvalue weighted by Crippen LogP contribution is -2.40. The number of thiophene rings is 1. The Bertz CT molecular complexity index is 608. The minimum Gasteiger partial charge on any atom is -0.383 e. The maximum atomic E-state index is 11.9. The van der Waals surface area contributed by atoms with Crippen molar-refractivity contribution in [2.24, 2.45) is 5.92 Å². The van der Waals surface area contributed by atoms with Gasteiger partial charge in [-0.15, -0.1) is 21.5 Å². The largest absolute Gasteiger partial charge is 0.383 e. The van der Waals surface area contributed by atoms with E-state index in [1.165, 1.54) is 22.7 Å². The van der Waals surface area contributed by atoms with E-state index in [0.717, 1.165) is 16.3 Å². The van der Waals surface area contributed by atoms with E-state index in [2.05, 4.69) is 34.7 Å². The van der Waals surface area contributed by atoms with Crippen LogP contribution in [-0.2, 0) is 12.0 Å². The number of hydrogen-bond donors (Lipinski definition) is 3. The quantitative estimate of drug-likeness (QED) is 0.754. The molecule has 2 rings (SSSR count). The van der Waals surface area contributed by atoms with E-state index in [4.69, 9.17) is 0 Å². The van der Waals surface area contributed by atoms with Gasteiger partial charge in [0, 0.05) is 11.3 Å². The zero-order valence-corrected chi connectivity index (χ0v) is 14.4. The second-order valence-corrected chi connectivity index (χ2v) is 7.67. The van der Waals surface area contributed by atoms with Crippen molar-refractivity contribution in [1.29, 1.82) is 0 Å². The first-order valence-corrected chi connectivity index (χ1v) is 8.70. The number of amides is 2. The highest BCUT2D eigenvalue weighted by atomic mass is 32.1. The van der Waals surface area contributed by atoms with E-state index in [-0.39, 0.29) is 6.54 Å². The molecule has 3 N–H and O–H groups in total.